The molecule has 2 amide bonds. The fraction of sp³-hybridized carbons (Fsp3) is 0.568. The van der Waals surface area contributed by atoms with Gasteiger partial charge in [0, 0.05) is 83.2 Å². The summed E-state index contributed by atoms with van der Waals surface area (Å²) < 4.78 is 65.4. The van der Waals surface area contributed by atoms with Gasteiger partial charge in [0.05, 0.1) is 28.5 Å². The number of hydrogen-bond donors (Lipinski definition) is 1. The van der Waals surface area contributed by atoms with Gasteiger partial charge in [-0.05, 0) is 107 Å². The summed E-state index contributed by atoms with van der Waals surface area (Å²) in [6.45, 7) is 7.44. The number of ether oxygens (including phenoxy) is 1. The van der Waals surface area contributed by atoms with Crippen molar-refractivity contribution in [3.05, 3.63) is 90.0 Å². The summed E-state index contributed by atoms with van der Waals surface area (Å²) >= 11 is 0. The van der Waals surface area contributed by atoms with Crippen molar-refractivity contribution in [1.29, 1.82) is 0 Å². The minimum Gasteiger partial charge on any atom is -0.453 e. The lowest BCUT2D eigenvalue weighted by atomic mass is 9.64. The second kappa shape index (κ2) is 18.1. The highest BCUT2D eigenvalue weighted by atomic mass is 32.2. The van der Waals surface area contributed by atoms with Crippen LogP contribution in [-0.2, 0) is 24.9 Å². The number of sulfone groups is 1. The standard InChI is InChI=1S/C44H59F2N7O5S/c1-31-47-19-24-53(31)44(34-9-5-10-35(45)25-34,38-12-6-13-40(38)48-43(55)58-4)33-17-22-51(23-18-33)27-32-28-52(29-32)41-16-15-36(26-39(41)46)59(56,57)37-11-7-20-50(30-37)21-8-14-42(54)49(2)3/h5,8-10,14-16,19,24-26,32-33,37-38,40H,6-7,11-13,17-18,20-23,27-30H2,1-4H3,(H,48,55)/b14-8+/t37-,38+,40+,44?/m1/s1. The number of methoxy groups -OCH3 is 1. The smallest absolute Gasteiger partial charge is 0.407 e. The van der Waals surface area contributed by atoms with Gasteiger partial charge in [-0.2, -0.15) is 0 Å². The average Bonchev–Trinajstić information content (AvgIpc) is 3.86. The second-order valence-corrected chi connectivity index (χ2v) is 19.4. The number of hydrogen-bond acceptors (Lipinski definition) is 9. The highest BCUT2D eigenvalue weighted by Crippen LogP contribution is 2.52. The molecule has 1 aromatic heterocycles. The van der Waals surface area contributed by atoms with Crippen LogP contribution in [0.5, 0.6) is 0 Å². The van der Waals surface area contributed by atoms with E-state index in [-0.39, 0.29) is 34.5 Å². The number of benzene rings is 2. The lowest BCUT2D eigenvalue weighted by Gasteiger charge is -2.52. The summed E-state index contributed by atoms with van der Waals surface area (Å²) in [5.74, 6) is 0.338. The first kappa shape index (κ1) is 42.8. The molecule has 12 nitrogen and oxygen atoms in total. The van der Waals surface area contributed by atoms with Crippen molar-refractivity contribution in [3.63, 3.8) is 0 Å². The first-order chi connectivity index (χ1) is 28.3. The number of alkyl carbamates (subject to hydrolysis) is 1. The third-order valence-electron chi connectivity index (χ3n) is 13.3. The van der Waals surface area contributed by atoms with Gasteiger partial charge in [-0.1, -0.05) is 24.6 Å². The molecule has 0 spiro atoms. The zero-order chi connectivity index (χ0) is 41.9. The molecule has 3 aromatic rings. The maximum Gasteiger partial charge on any atom is 0.407 e. The molecule has 7 rings (SSSR count). The van der Waals surface area contributed by atoms with Crippen LogP contribution >= 0.6 is 0 Å². The van der Waals surface area contributed by atoms with Crippen LogP contribution in [0.1, 0.15) is 56.3 Å². The van der Waals surface area contributed by atoms with Crippen molar-refractivity contribution in [2.24, 2.45) is 17.8 Å². The molecular weight excluding hydrogens is 777 g/mol. The summed E-state index contributed by atoms with van der Waals surface area (Å²) in [7, 11) is 0.983. The molecule has 15 heteroatoms. The molecule has 1 saturated carbocycles. The Kier molecular flexibility index (Phi) is 13.1. The zero-order valence-electron chi connectivity index (χ0n) is 34.7. The van der Waals surface area contributed by atoms with Gasteiger partial charge in [0.15, 0.2) is 9.84 Å². The van der Waals surface area contributed by atoms with Gasteiger partial charge < -0.3 is 29.3 Å². The van der Waals surface area contributed by atoms with Crippen LogP contribution in [0.25, 0.3) is 0 Å². The van der Waals surface area contributed by atoms with Gasteiger partial charge in [-0.25, -0.2) is 27.0 Å². The van der Waals surface area contributed by atoms with E-state index < -0.39 is 32.5 Å². The van der Waals surface area contributed by atoms with Crippen LogP contribution in [0.4, 0.5) is 19.3 Å². The number of nitrogens with one attached hydrogen (secondary N) is 1. The summed E-state index contributed by atoms with van der Waals surface area (Å²) in [6, 6.07) is 11.1. The van der Waals surface area contributed by atoms with Gasteiger partial charge in [-0.3, -0.25) is 9.69 Å². The zero-order valence-corrected chi connectivity index (χ0v) is 35.5. The van der Waals surface area contributed by atoms with Crippen LogP contribution in [0.2, 0.25) is 0 Å². The Morgan fingerprint density at radius 2 is 1.76 bits per heavy atom. The Morgan fingerprint density at radius 1 is 0.983 bits per heavy atom. The first-order valence-corrected chi connectivity index (χ1v) is 22.6. The molecule has 4 fully saturated rings. The highest BCUT2D eigenvalue weighted by Gasteiger charge is 2.54. The predicted octanol–water partition coefficient (Wildman–Crippen LogP) is 5.47. The Labute approximate surface area is 347 Å². The molecule has 0 bridgehead atoms. The van der Waals surface area contributed by atoms with Gasteiger partial charge >= 0.3 is 6.09 Å². The number of aromatic nitrogens is 2. The maximum absolute atomic E-state index is 15.7. The number of piperidine rings is 2. The van der Waals surface area contributed by atoms with E-state index in [1.165, 1.54) is 30.2 Å². The number of imidazole rings is 1. The number of amides is 2. The van der Waals surface area contributed by atoms with Crippen molar-refractivity contribution in [1.82, 2.24) is 29.6 Å². The van der Waals surface area contributed by atoms with E-state index in [4.69, 9.17) is 4.74 Å². The van der Waals surface area contributed by atoms with Crippen LogP contribution < -0.4 is 10.2 Å². The molecule has 4 aliphatic rings. The molecule has 4 atom stereocenters. The predicted molar refractivity (Wildman–Crippen MR) is 223 cm³/mol. The average molecular weight is 836 g/mol. The molecule has 3 aliphatic heterocycles. The molecule has 4 heterocycles. The Hall–Kier alpha value is -4.34. The van der Waals surface area contributed by atoms with Gasteiger partial charge in [0.25, 0.3) is 0 Å². The lowest BCUT2D eigenvalue weighted by molar-refractivity contribution is -0.123. The van der Waals surface area contributed by atoms with Crippen molar-refractivity contribution in [2.75, 3.05) is 78.5 Å². The summed E-state index contributed by atoms with van der Waals surface area (Å²) in [5.41, 5.74) is 0.656. The van der Waals surface area contributed by atoms with Gasteiger partial charge in [0.2, 0.25) is 5.91 Å². The number of nitrogens with zero attached hydrogens (tertiary/aromatic N) is 6. The Morgan fingerprint density at radius 3 is 2.44 bits per heavy atom. The van der Waals surface area contributed by atoms with Crippen molar-refractivity contribution in [2.45, 2.75) is 73.6 Å². The number of anilines is 1. The van der Waals surface area contributed by atoms with Gasteiger partial charge in [0.1, 0.15) is 17.5 Å². The SMILES string of the molecule is COC(=O)N[C@H]1CCC[C@@H]1C(c1cccc(F)c1)(C1CCN(CC2CN(c3ccc(S(=O)(=O)[C@@H]4CCCN(C/C=C/C(=O)N(C)C)C4)cc3F)C2)CC1)n1ccnc1C. The quantitative estimate of drug-likeness (QED) is 0.224. The summed E-state index contributed by atoms with van der Waals surface area (Å²) in [4.78, 5) is 37.1. The first-order valence-electron chi connectivity index (χ1n) is 21.0. The fourth-order valence-electron chi connectivity index (χ4n) is 10.4. The maximum atomic E-state index is 15.7. The van der Waals surface area contributed by atoms with E-state index in [9.17, 15) is 18.0 Å². The summed E-state index contributed by atoms with van der Waals surface area (Å²) in [5, 5.41) is 2.48. The molecule has 59 heavy (non-hydrogen) atoms. The minimum absolute atomic E-state index is 0.00841. The molecule has 1 unspecified atom stereocenters. The van der Waals surface area contributed by atoms with Crippen LogP contribution in [0, 0.1) is 36.3 Å². The molecule has 2 aromatic carbocycles. The number of likely N-dealkylation sites (N-methyl/N-ethyl adjacent to an activating group) is 1. The summed E-state index contributed by atoms with van der Waals surface area (Å²) in [6.07, 6.45) is 12.2. The Balaban J connectivity index is 0.991. The number of carbonyl (C=O) groups excluding carboxylic acids is 2. The third-order valence-corrected chi connectivity index (χ3v) is 15.5. The van der Waals surface area contributed by atoms with E-state index in [1.54, 1.807) is 50.6 Å². The van der Waals surface area contributed by atoms with E-state index >= 15 is 8.78 Å². The topological polar surface area (TPSA) is 120 Å². The molecular formula is C44H59F2N7O5S. The van der Waals surface area contributed by atoms with Crippen molar-refractivity contribution >= 4 is 27.5 Å². The minimum atomic E-state index is -3.75. The molecule has 1 aliphatic carbocycles. The van der Waals surface area contributed by atoms with E-state index in [2.05, 4.69) is 19.8 Å². The van der Waals surface area contributed by atoms with Crippen molar-refractivity contribution in [3.8, 4) is 0 Å². The molecule has 1 N–H and O–H groups in total. The lowest BCUT2D eigenvalue weighted by Crippen LogP contribution is -2.58. The number of aryl methyl sites for hydroxylation is 1. The van der Waals surface area contributed by atoms with Crippen LogP contribution in [0.3, 0.4) is 0 Å². The van der Waals surface area contributed by atoms with Crippen LogP contribution in [-0.4, -0.2) is 130 Å². The molecule has 320 valence electrons. The number of rotatable bonds is 13. The molecule has 0 radical (unpaired) electrons. The number of carbonyl (C=O) groups is 2. The van der Waals surface area contributed by atoms with E-state index in [0.29, 0.717) is 50.6 Å². The Bertz CT molecular complexity index is 2100. The normalized spacial score (nSPS) is 23.6. The monoisotopic (exact) mass is 835 g/mol. The van der Waals surface area contributed by atoms with Crippen molar-refractivity contribution < 1.29 is 31.5 Å². The fourth-order valence-corrected chi connectivity index (χ4v) is 12.2. The van der Waals surface area contributed by atoms with Gasteiger partial charge in [-0.15, -0.1) is 0 Å². The molecule has 3 saturated heterocycles. The third kappa shape index (κ3) is 8.93. The van der Waals surface area contributed by atoms with E-state index in [1.807, 2.05) is 29.0 Å². The second-order valence-electron chi connectivity index (χ2n) is 17.1. The number of likely N-dealkylation sites (tertiary alicyclic amines) is 2. The van der Waals surface area contributed by atoms with Crippen LogP contribution in [0.15, 0.2) is 71.9 Å². The highest BCUT2D eigenvalue weighted by molar-refractivity contribution is 7.92. The number of halogens is 2. The largest absolute Gasteiger partial charge is 0.453 e. The van der Waals surface area contributed by atoms with E-state index in [0.717, 1.165) is 69.7 Å².